The molecule has 0 radical (unpaired) electrons. The third-order valence-electron chi connectivity index (χ3n) is 4.02. The first kappa shape index (κ1) is 18.4. The highest BCUT2D eigenvalue weighted by Crippen LogP contribution is 2.29. The summed E-state index contributed by atoms with van der Waals surface area (Å²) in [6, 6.07) is 8.20. The summed E-state index contributed by atoms with van der Waals surface area (Å²) in [7, 11) is -3.04. The quantitative estimate of drug-likeness (QED) is 0.612. The number of benzene rings is 1. The van der Waals surface area contributed by atoms with Crippen molar-refractivity contribution in [3.63, 3.8) is 0 Å². The molecule has 1 atom stereocenters. The Kier molecular flexibility index (Phi) is 5.28. The fourth-order valence-electron chi connectivity index (χ4n) is 2.72. The molecule has 1 aliphatic rings. The number of urea groups is 1. The van der Waals surface area contributed by atoms with Crippen molar-refractivity contribution in [2.45, 2.75) is 19.4 Å². The van der Waals surface area contributed by atoms with E-state index in [0.717, 1.165) is 0 Å². The van der Waals surface area contributed by atoms with E-state index in [1.54, 1.807) is 31.2 Å². The standard InChI is InChI=1S/C16H18ClN5O3S/c1-11-14(9-18-20-16(23)19-12-5-3-2-4-6-12)15(17)22(21-11)13-7-8-26(24,25)10-13/h2-6,9,13H,7-8,10H2,1H3,(H2,19,20,23)/b18-9-/t13-/m1/s1. The number of para-hydroxylation sites is 1. The second kappa shape index (κ2) is 7.46. The monoisotopic (exact) mass is 395 g/mol. The van der Waals surface area contributed by atoms with Gasteiger partial charge < -0.3 is 5.32 Å². The summed E-state index contributed by atoms with van der Waals surface area (Å²) in [4.78, 5) is 11.8. The van der Waals surface area contributed by atoms with Crippen LogP contribution < -0.4 is 10.7 Å². The number of hydrogen-bond acceptors (Lipinski definition) is 5. The molecule has 0 bridgehead atoms. The van der Waals surface area contributed by atoms with E-state index in [1.165, 1.54) is 10.9 Å². The van der Waals surface area contributed by atoms with E-state index in [9.17, 15) is 13.2 Å². The second-order valence-corrected chi connectivity index (χ2v) is 8.57. The molecule has 138 valence electrons. The van der Waals surface area contributed by atoms with Crippen LogP contribution in [-0.4, -0.2) is 41.9 Å². The molecule has 1 fully saturated rings. The molecular formula is C16H18ClN5O3S. The Labute approximate surface area is 156 Å². The van der Waals surface area contributed by atoms with Crippen LogP contribution in [0.15, 0.2) is 35.4 Å². The van der Waals surface area contributed by atoms with Crippen LogP contribution in [-0.2, 0) is 9.84 Å². The van der Waals surface area contributed by atoms with Gasteiger partial charge in [0.05, 0.1) is 35.0 Å². The van der Waals surface area contributed by atoms with E-state index in [0.29, 0.717) is 28.5 Å². The van der Waals surface area contributed by atoms with Gasteiger partial charge in [0.2, 0.25) is 0 Å². The lowest BCUT2D eigenvalue weighted by molar-refractivity contribution is 0.252. The summed E-state index contributed by atoms with van der Waals surface area (Å²) in [6.07, 6.45) is 1.88. The molecule has 10 heteroatoms. The molecule has 2 heterocycles. The van der Waals surface area contributed by atoms with Gasteiger partial charge in [-0.05, 0) is 25.5 Å². The highest BCUT2D eigenvalue weighted by atomic mass is 35.5. The van der Waals surface area contributed by atoms with E-state index in [1.807, 2.05) is 6.07 Å². The maximum Gasteiger partial charge on any atom is 0.339 e. The van der Waals surface area contributed by atoms with Crippen LogP contribution in [0.3, 0.4) is 0 Å². The molecule has 2 aromatic rings. The summed E-state index contributed by atoms with van der Waals surface area (Å²) < 4.78 is 24.8. The number of anilines is 1. The molecule has 1 aromatic heterocycles. The van der Waals surface area contributed by atoms with Gasteiger partial charge in [-0.3, -0.25) is 0 Å². The Hall–Kier alpha value is -2.39. The molecule has 0 aliphatic carbocycles. The predicted molar refractivity (Wildman–Crippen MR) is 100 cm³/mol. The minimum Gasteiger partial charge on any atom is -0.307 e. The lowest BCUT2D eigenvalue weighted by Crippen LogP contribution is -2.24. The van der Waals surface area contributed by atoms with Gasteiger partial charge in [0.1, 0.15) is 5.15 Å². The van der Waals surface area contributed by atoms with Crippen LogP contribution in [0.4, 0.5) is 10.5 Å². The van der Waals surface area contributed by atoms with Gasteiger partial charge in [0.25, 0.3) is 0 Å². The van der Waals surface area contributed by atoms with E-state index in [4.69, 9.17) is 11.6 Å². The summed E-state index contributed by atoms with van der Waals surface area (Å²) in [6.45, 7) is 1.75. The molecule has 8 nitrogen and oxygen atoms in total. The normalized spacial score (nSPS) is 18.9. The molecule has 26 heavy (non-hydrogen) atoms. The molecule has 1 aliphatic heterocycles. The van der Waals surface area contributed by atoms with E-state index < -0.39 is 15.9 Å². The molecular weight excluding hydrogens is 378 g/mol. The second-order valence-electron chi connectivity index (χ2n) is 5.98. The van der Waals surface area contributed by atoms with Crippen LogP contribution in [0.25, 0.3) is 0 Å². The number of amides is 2. The molecule has 2 amide bonds. The third-order valence-corrected chi connectivity index (χ3v) is 6.14. The van der Waals surface area contributed by atoms with Crippen LogP contribution in [0.5, 0.6) is 0 Å². The first-order chi connectivity index (χ1) is 12.4. The number of nitrogens with one attached hydrogen (secondary N) is 2. The van der Waals surface area contributed by atoms with Crippen molar-refractivity contribution in [3.8, 4) is 0 Å². The molecule has 0 unspecified atom stereocenters. The third kappa shape index (κ3) is 4.23. The molecule has 0 spiro atoms. The van der Waals surface area contributed by atoms with Crippen LogP contribution in [0, 0.1) is 6.92 Å². The lowest BCUT2D eigenvalue weighted by Gasteiger charge is -2.09. The van der Waals surface area contributed by atoms with Gasteiger partial charge in [-0.15, -0.1) is 0 Å². The average Bonchev–Trinajstić information content (AvgIpc) is 3.09. The SMILES string of the molecule is Cc1nn([C@@H]2CCS(=O)(=O)C2)c(Cl)c1/C=N\NC(=O)Nc1ccccc1. The van der Waals surface area contributed by atoms with Crippen molar-refractivity contribution in [1.29, 1.82) is 0 Å². The maximum atomic E-state index is 11.8. The topological polar surface area (TPSA) is 105 Å². The van der Waals surface area contributed by atoms with Gasteiger partial charge in [0, 0.05) is 5.69 Å². The Morgan fingerprint density at radius 2 is 2.12 bits per heavy atom. The number of aromatic nitrogens is 2. The number of carbonyl (C=O) groups is 1. The van der Waals surface area contributed by atoms with Gasteiger partial charge in [-0.1, -0.05) is 29.8 Å². The van der Waals surface area contributed by atoms with Crippen molar-refractivity contribution < 1.29 is 13.2 Å². The zero-order valence-electron chi connectivity index (χ0n) is 14.0. The molecule has 1 saturated heterocycles. The van der Waals surface area contributed by atoms with Crippen LogP contribution in [0.1, 0.15) is 23.7 Å². The number of hydrazone groups is 1. The summed E-state index contributed by atoms with van der Waals surface area (Å²) in [5.74, 6) is 0.166. The van der Waals surface area contributed by atoms with Crippen LogP contribution in [0.2, 0.25) is 5.15 Å². The number of hydrogen-bond donors (Lipinski definition) is 2. The van der Waals surface area contributed by atoms with Crippen molar-refractivity contribution in [1.82, 2.24) is 15.2 Å². The summed E-state index contributed by atoms with van der Waals surface area (Å²) >= 11 is 6.33. The Balaban J connectivity index is 1.66. The Morgan fingerprint density at radius 1 is 1.38 bits per heavy atom. The zero-order valence-corrected chi connectivity index (χ0v) is 15.6. The lowest BCUT2D eigenvalue weighted by atomic mass is 10.2. The average molecular weight is 396 g/mol. The highest BCUT2D eigenvalue weighted by molar-refractivity contribution is 7.91. The summed E-state index contributed by atoms with van der Waals surface area (Å²) in [5, 5.41) is 11.1. The number of nitrogens with zero attached hydrogens (tertiary/aromatic N) is 3. The van der Waals surface area contributed by atoms with Crippen molar-refractivity contribution >= 4 is 39.4 Å². The predicted octanol–water partition coefficient (Wildman–Crippen LogP) is 2.36. The number of carbonyl (C=O) groups excluding carboxylic acids is 1. The van der Waals surface area contributed by atoms with E-state index in [-0.39, 0.29) is 17.5 Å². The highest BCUT2D eigenvalue weighted by Gasteiger charge is 2.31. The molecule has 2 N–H and O–H groups in total. The largest absolute Gasteiger partial charge is 0.339 e. The summed E-state index contributed by atoms with van der Waals surface area (Å²) in [5.41, 5.74) is 4.14. The fourth-order valence-corrected chi connectivity index (χ4v) is 4.78. The first-order valence-corrected chi connectivity index (χ1v) is 10.2. The van der Waals surface area contributed by atoms with Gasteiger partial charge in [-0.25, -0.2) is 23.3 Å². The van der Waals surface area contributed by atoms with Gasteiger partial charge in [0.15, 0.2) is 9.84 Å². The molecule has 0 saturated carbocycles. The van der Waals surface area contributed by atoms with Crippen LogP contribution >= 0.6 is 11.6 Å². The minimum absolute atomic E-state index is 0.0299. The van der Waals surface area contributed by atoms with Crippen molar-refractivity contribution in [2.24, 2.45) is 5.10 Å². The number of sulfone groups is 1. The molecule has 3 rings (SSSR count). The zero-order chi connectivity index (χ0) is 18.7. The number of rotatable bonds is 4. The Morgan fingerprint density at radius 3 is 2.77 bits per heavy atom. The van der Waals surface area contributed by atoms with Gasteiger partial charge in [-0.2, -0.15) is 10.2 Å². The van der Waals surface area contributed by atoms with Crippen molar-refractivity contribution in [3.05, 3.63) is 46.7 Å². The maximum absolute atomic E-state index is 11.8. The van der Waals surface area contributed by atoms with Gasteiger partial charge >= 0.3 is 6.03 Å². The number of aryl methyl sites for hydroxylation is 1. The Bertz CT molecular complexity index is 940. The molecule has 1 aromatic carbocycles. The van der Waals surface area contributed by atoms with Crippen molar-refractivity contribution in [2.75, 3.05) is 16.8 Å². The minimum atomic E-state index is -3.04. The first-order valence-electron chi connectivity index (χ1n) is 7.96. The smallest absolute Gasteiger partial charge is 0.307 e. The fraction of sp³-hybridized carbons (Fsp3) is 0.312. The van der Waals surface area contributed by atoms with E-state index in [2.05, 4.69) is 20.9 Å². The number of halogens is 1. The van der Waals surface area contributed by atoms with E-state index >= 15 is 0 Å².